The summed E-state index contributed by atoms with van der Waals surface area (Å²) in [4.78, 5) is 29.1. The maximum atomic E-state index is 11.5. The first-order valence-corrected chi connectivity index (χ1v) is 5.19. The number of primary amides is 1. The van der Waals surface area contributed by atoms with Crippen LogP contribution in [0, 0.1) is 0 Å². The average molecular weight is 249 g/mol. The van der Waals surface area contributed by atoms with Crippen molar-refractivity contribution in [3.8, 4) is 0 Å². The van der Waals surface area contributed by atoms with E-state index in [4.69, 9.17) is 15.6 Å². The van der Waals surface area contributed by atoms with Crippen LogP contribution in [0.4, 0.5) is 0 Å². The molecule has 1 aromatic carbocycles. The Morgan fingerprint density at radius 1 is 1.44 bits per heavy atom. The van der Waals surface area contributed by atoms with Crippen LogP contribution in [0.1, 0.15) is 21.0 Å². The summed E-state index contributed by atoms with van der Waals surface area (Å²) in [5.41, 5.74) is 6.44. The Balaban J connectivity index is 2.32. The summed E-state index contributed by atoms with van der Waals surface area (Å²) in [5.74, 6) is -1.19. The third-order valence-electron chi connectivity index (χ3n) is 2.28. The smallest absolute Gasteiger partial charge is 0.338 e. The number of hydrogen-bond donors (Lipinski definition) is 3. The first kappa shape index (κ1) is 12.1. The van der Waals surface area contributed by atoms with E-state index in [-0.39, 0.29) is 19.0 Å². The number of aromatic nitrogens is 2. The van der Waals surface area contributed by atoms with Crippen molar-refractivity contribution in [1.82, 2.24) is 9.97 Å². The number of rotatable bonds is 4. The topological polar surface area (TPSA) is 118 Å². The molecule has 0 saturated carbocycles. The molecule has 7 heteroatoms. The van der Waals surface area contributed by atoms with Gasteiger partial charge in [-0.15, -0.1) is 0 Å². The van der Waals surface area contributed by atoms with Crippen LogP contribution in [0.3, 0.4) is 0 Å². The summed E-state index contributed by atoms with van der Waals surface area (Å²) < 4.78 is 4.77. The predicted molar refractivity (Wildman–Crippen MR) is 62.0 cm³/mol. The molecular weight excluding hydrogens is 238 g/mol. The average Bonchev–Trinajstić information content (AvgIpc) is 2.78. The summed E-state index contributed by atoms with van der Waals surface area (Å²) >= 11 is 0. The summed E-state index contributed by atoms with van der Waals surface area (Å²) in [7, 11) is 0. The van der Waals surface area contributed by atoms with E-state index in [1.165, 1.54) is 12.1 Å². The van der Waals surface area contributed by atoms with Crippen LogP contribution < -0.4 is 5.73 Å². The van der Waals surface area contributed by atoms with Crippen molar-refractivity contribution in [2.24, 2.45) is 5.73 Å². The highest BCUT2D eigenvalue weighted by Crippen LogP contribution is 2.14. The van der Waals surface area contributed by atoms with Crippen LogP contribution in [-0.4, -0.2) is 40.2 Å². The molecule has 1 heterocycles. The van der Waals surface area contributed by atoms with Gasteiger partial charge in [-0.25, -0.2) is 9.78 Å². The van der Waals surface area contributed by atoms with Gasteiger partial charge in [0.2, 0.25) is 0 Å². The number of esters is 1. The molecule has 94 valence electrons. The number of hydrogen-bond acceptors (Lipinski definition) is 5. The number of aliphatic hydroxyl groups is 1. The Morgan fingerprint density at radius 2 is 2.22 bits per heavy atom. The lowest BCUT2D eigenvalue weighted by molar-refractivity contribution is 0.0434. The number of ether oxygens (including phenoxy) is 1. The van der Waals surface area contributed by atoms with E-state index in [1.54, 1.807) is 6.07 Å². The van der Waals surface area contributed by atoms with Gasteiger partial charge in [0.25, 0.3) is 5.91 Å². The second-order valence-electron chi connectivity index (χ2n) is 3.54. The molecule has 0 saturated heterocycles. The summed E-state index contributed by atoms with van der Waals surface area (Å²) in [6, 6.07) is 4.61. The van der Waals surface area contributed by atoms with E-state index in [1.807, 2.05) is 0 Å². The zero-order valence-corrected chi connectivity index (χ0v) is 9.34. The monoisotopic (exact) mass is 249 g/mol. The molecule has 1 aromatic heterocycles. The van der Waals surface area contributed by atoms with E-state index >= 15 is 0 Å². The SMILES string of the molecule is NC(=O)c1nc2ccc(C(=O)OCCO)cc2[nH]1. The molecule has 1 amide bonds. The van der Waals surface area contributed by atoms with Gasteiger partial charge in [0.05, 0.1) is 23.2 Å². The number of H-pyrrole nitrogens is 1. The Kier molecular flexibility index (Phi) is 3.24. The number of benzene rings is 1. The molecule has 4 N–H and O–H groups in total. The van der Waals surface area contributed by atoms with Gasteiger partial charge in [0.1, 0.15) is 6.61 Å². The molecule has 2 aromatic rings. The molecule has 0 bridgehead atoms. The van der Waals surface area contributed by atoms with Crippen molar-refractivity contribution in [2.45, 2.75) is 0 Å². The molecule has 0 fully saturated rings. The van der Waals surface area contributed by atoms with Crippen molar-refractivity contribution in [3.63, 3.8) is 0 Å². The van der Waals surface area contributed by atoms with E-state index in [0.29, 0.717) is 16.6 Å². The minimum Gasteiger partial charge on any atom is -0.460 e. The number of imidazole rings is 1. The minimum atomic E-state index is -0.671. The molecule has 0 radical (unpaired) electrons. The maximum absolute atomic E-state index is 11.5. The fraction of sp³-hybridized carbons (Fsp3) is 0.182. The lowest BCUT2D eigenvalue weighted by Crippen LogP contribution is -2.12. The van der Waals surface area contributed by atoms with Gasteiger partial charge in [-0.1, -0.05) is 0 Å². The van der Waals surface area contributed by atoms with Gasteiger partial charge >= 0.3 is 5.97 Å². The molecule has 0 aliphatic heterocycles. The number of nitrogens with two attached hydrogens (primary N) is 1. The van der Waals surface area contributed by atoms with Crippen molar-refractivity contribution < 1.29 is 19.4 Å². The second-order valence-corrected chi connectivity index (χ2v) is 3.54. The van der Waals surface area contributed by atoms with Crippen LogP contribution in [0.5, 0.6) is 0 Å². The standard InChI is InChI=1S/C11H11N3O4/c12-9(16)10-13-7-2-1-6(5-8(7)14-10)11(17)18-4-3-15/h1-2,5,15H,3-4H2,(H2,12,16)(H,13,14). The molecule has 0 aliphatic rings. The van der Waals surface area contributed by atoms with Gasteiger partial charge in [-0.2, -0.15) is 0 Å². The third-order valence-corrected chi connectivity index (χ3v) is 2.28. The lowest BCUT2D eigenvalue weighted by atomic mass is 10.2. The first-order chi connectivity index (χ1) is 8.61. The number of aromatic amines is 1. The number of carbonyl (C=O) groups excluding carboxylic acids is 2. The molecule has 0 spiro atoms. The Bertz CT molecular complexity index is 605. The highest BCUT2D eigenvalue weighted by molar-refractivity contribution is 5.96. The number of nitrogens with zero attached hydrogens (tertiary/aromatic N) is 1. The lowest BCUT2D eigenvalue weighted by Gasteiger charge is -2.01. The van der Waals surface area contributed by atoms with Crippen LogP contribution >= 0.6 is 0 Å². The zero-order chi connectivity index (χ0) is 13.1. The van der Waals surface area contributed by atoms with Crippen LogP contribution in [0.25, 0.3) is 11.0 Å². The number of aliphatic hydroxyl groups excluding tert-OH is 1. The van der Waals surface area contributed by atoms with Gasteiger partial charge in [0.15, 0.2) is 5.82 Å². The summed E-state index contributed by atoms with van der Waals surface area (Å²) in [6.45, 7) is -0.295. The molecule has 0 atom stereocenters. The highest BCUT2D eigenvalue weighted by atomic mass is 16.5. The highest BCUT2D eigenvalue weighted by Gasteiger charge is 2.11. The van der Waals surface area contributed by atoms with E-state index < -0.39 is 11.9 Å². The van der Waals surface area contributed by atoms with Crippen molar-refractivity contribution in [3.05, 3.63) is 29.6 Å². The molecule has 7 nitrogen and oxygen atoms in total. The molecule has 0 unspecified atom stereocenters. The van der Waals surface area contributed by atoms with Gasteiger partial charge < -0.3 is 20.6 Å². The largest absolute Gasteiger partial charge is 0.460 e. The number of amides is 1. The Hall–Kier alpha value is -2.41. The van der Waals surface area contributed by atoms with Gasteiger partial charge in [-0.05, 0) is 18.2 Å². The van der Waals surface area contributed by atoms with Crippen molar-refractivity contribution >= 4 is 22.9 Å². The quantitative estimate of drug-likeness (QED) is 0.649. The van der Waals surface area contributed by atoms with E-state index in [0.717, 1.165) is 0 Å². The maximum Gasteiger partial charge on any atom is 0.338 e. The normalized spacial score (nSPS) is 10.5. The minimum absolute atomic E-state index is 0.0332. The molecule has 0 aliphatic carbocycles. The third kappa shape index (κ3) is 2.30. The number of nitrogens with one attached hydrogen (secondary N) is 1. The fourth-order valence-electron chi connectivity index (χ4n) is 1.47. The van der Waals surface area contributed by atoms with Crippen LogP contribution in [0.15, 0.2) is 18.2 Å². The summed E-state index contributed by atoms with van der Waals surface area (Å²) in [6.07, 6.45) is 0. The molecular formula is C11H11N3O4. The first-order valence-electron chi connectivity index (χ1n) is 5.19. The Morgan fingerprint density at radius 3 is 2.89 bits per heavy atom. The predicted octanol–water partition coefficient (Wildman–Crippen LogP) is -0.189. The Labute approximate surface area is 102 Å². The van der Waals surface area contributed by atoms with Gasteiger partial charge in [0, 0.05) is 0 Å². The number of carbonyl (C=O) groups is 2. The fourth-order valence-corrected chi connectivity index (χ4v) is 1.47. The zero-order valence-electron chi connectivity index (χ0n) is 9.34. The summed E-state index contributed by atoms with van der Waals surface area (Å²) in [5, 5.41) is 8.55. The number of fused-ring (bicyclic) bond motifs is 1. The van der Waals surface area contributed by atoms with Crippen LogP contribution in [0.2, 0.25) is 0 Å². The van der Waals surface area contributed by atoms with Crippen molar-refractivity contribution in [1.29, 1.82) is 0 Å². The van der Waals surface area contributed by atoms with Crippen molar-refractivity contribution in [2.75, 3.05) is 13.2 Å². The van der Waals surface area contributed by atoms with Crippen LogP contribution in [-0.2, 0) is 4.74 Å². The van der Waals surface area contributed by atoms with Gasteiger partial charge in [-0.3, -0.25) is 4.79 Å². The van der Waals surface area contributed by atoms with E-state index in [2.05, 4.69) is 9.97 Å². The second kappa shape index (κ2) is 4.84. The van der Waals surface area contributed by atoms with E-state index in [9.17, 15) is 9.59 Å². The molecule has 2 rings (SSSR count). The molecule has 18 heavy (non-hydrogen) atoms.